The van der Waals surface area contributed by atoms with E-state index in [1.54, 1.807) is 18.6 Å². The van der Waals surface area contributed by atoms with E-state index in [1.807, 2.05) is 41.3 Å². The highest BCUT2D eigenvalue weighted by Crippen LogP contribution is 2.26. The highest BCUT2D eigenvalue weighted by Gasteiger charge is 2.13. The molecule has 6 nitrogen and oxygen atoms in total. The Balaban J connectivity index is 1.72. The maximum absolute atomic E-state index is 9.06. The van der Waals surface area contributed by atoms with Crippen LogP contribution in [0.15, 0.2) is 55.2 Å². The molecule has 1 atom stereocenters. The quantitative estimate of drug-likeness (QED) is 0.629. The third-order valence-electron chi connectivity index (χ3n) is 4.12. The van der Waals surface area contributed by atoms with E-state index in [0.717, 1.165) is 27.9 Å². The van der Waals surface area contributed by atoms with Gasteiger partial charge in [0.1, 0.15) is 12.0 Å². The lowest BCUT2D eigenvalue weighted by molar-refractivity contribution is 0.564. The number of nitrogens with zero attached hydrogens (tertiary/aromatic N) is 5. The Kier molecular flexibility index (Phi) is 3.32. The fourth-order valence-corrected chi connectivity index (χ4v) is 2.80. The van der Waals surface area contributed by atoms with Crippen LogP contribution in [-0.2, 0) is 0 Å². The van der Waals surface area contributed by atoms with Crippen molar-refractivity contribution >= 4 is 11.0 Å². The Morgan fingerprint density at radius 1 is 1.25 bits per heavy atom. The van der Waals surface area contributed by atoms with Gasteiger partial charge in [0.2, 0.25) is 0 Å². The number of benzene rings is 1. The largest absolute Gasteiger partial charge is 0.346 e. The maximum Gasteiger partial charge on any atom is 0.141 e. The Labute approximate surface area is 138 Å². The first-order valence-electron chi connectivity index (χ1n) is 7.59. The van der Waals surface area contributed by atoms with E-state index in [-0.39, 0.29) is 6.04 Å². The molecule has 0 amide bonds. The van der Waals surface area contributed by atoms with Crippen LogP contribution in [-0.4, -0.2) is 24.7 Å². The van der Waals surface area contributed by atoms with Crippen molar-refractivity contribution in [3.05, 3.63) is 66.4 Å². The molecule has 1 aromatic carbocycles. The molecule has 0 radical (unpaired) electrons. The summed E-state index contributed by atoms with van der Waals surface area (Å²) >= 11 is 0. The molecule has 4 aromatic rings. The average molecular weight is 314 g/mol. The molecule has 1 N–H and O–H groups in total. The van der Waals surface area contributed by atoms with Gasteiger partial charge < -0.3 is 4.98 Å². The van der Waals surface area contributed by atoms with Crippen molar-refractivity contribution < 1.29 is 0 Å². The van der Waals surface area contributed by atoms with Crippen molar-refractivity contribution in [3.63, 3.8) is 0 Å². The van der Waals surface area contributed by atoms with Gasteiger partial charge in [-0.15, -0.1) is 0 Å². The molecular weight excluding hydrogens is 300 g/mol. The smallest absolute Gasteiger partial charge is 0.141 e. The molecule has 3 aromatic heterocycles. The Hall–Kier alpha value is -3.46. The van der Waals surface area contributed by atoms with Gasteiger partial charge in [0, 0.05) is 23.3 Å². The first-order valence-corrected chi connectivity index (χ1v) is 7.59. The maximum atomic E-state index is 9.06. The zero-order valence-corrected chi connectivity index (χ0v) is 13.0. The monoisotopic (exact) mass is 314 g/mol. The van der Waals surface area contributed by atoms with Gasteiger partial charge >= 0.3 is 0 Å². The molecule has 3 heterocycles. The van der Waals surface area contributed by atoms with Crippen molar-refractivity contribution in [1.82, 2.24) is 24.7 Å². The van der Waals surface area contributed by atoms with Crippen LogP contribution in [0.4, 0.5) is 0 Å². The zero-order valence-electron chi connectivity index (χ0n) is 13.0. The summed E-state index contributed by atoms with van der Waals surface area (Å²) in [6.45, 7) is 2.05. The summed E-state index contributed by atoms with van der Waals surface area (Å²) in [7, 11) is 0. The zero-order chi connectivity index (χ0) is 16.5. The van der Waals surface area contributed by atoms with E-state index >= 15 is 0 Å². The van der Waals surface area contributed by atoms with Gasteiger partial charge in [-0.05, 0) is 30.7 Å². The Bertz CT molecular complexity index is 1050. The molecule has 116 valence electrons. The number of nitrogens with one attached hydrogen (secondary N) is 1. The minimum Gasteiger partial charge on any atom is -0.346 e. The predicted octanol–water partition coefficient (Wildman–Crippen LogP) is 3.30. The van der Waals surface area contributed by atoms with Crippen LogP contribution in [0.2, 0.25) is 0 Å². The van der Waals surface area contributed by atoms with E-state index in [2.05, 4.69) is 33.0 Å². The number of nitriles is 1. The van der Waals surface area contributed by atoms with Crippen molar-refractivity contribution in [2.24, 2.45) is 0 Å². The molecule has 0 saturated heterocycles. The van der Waals surface area contributed by atoms with Crippen LogP contribution >= 0.6 is 0 Å². The van der Waals surface area contributed by atoms with Gasteiger partial charge in [0.25, 0.3) is 0 Å². The summed E-state index contributed by atoms with van der Waals surface area (Å²) in [4.78, 5) is 11.7. The molecule has 1 unspecified atom stereocenters. The van der Waals surface area contributed by atoms with Crippen molar-refractivity contribution in [3.8, 4) is 17.3 Å². The predicted molar refractivity (Wildman–Crippen MR) is 90.1 cm³/mol. The third-order valence-corrected chi connectivity index (χ3v) is 4.12. The second-order valence-electron chi connectivity index (χ2n) is 5.58. The number of aromatic nitrogens is 5. The number of H-pyrrole nitrogens is 1. The number of fused-ring (bicyclic) bond motifs is 1. The summed E-state index contributed by atoms with van der Waals surface area (Å²) in [5.41, 5.74) is 4.29. The van der Waals surface area contributed by atoms with Gasteiger partial charge in [0.15, 0.2) is 0 Å². The number of hydrogen-bond donors (Lipinski definition) is 1. The first kappa shape index (κ1) is 14.2. The molecule has 0 bridgehead atoms. The number of rotatable bonds is 3. The molecule has 0 fully saturated rings. The highest BCUT2D eigenvalue weighted by atomic mass is 15.3. The SMILES string of the molecule is CC(c1cccc(C#N)c1)n1cc(-c2ncnc3[nH]ccc23)cn1. The van der Waals surface area contributed by atoms with Gasteiger partial charge in [0.05, 0.1) is 29.6 Å². The summed E-state index contributed by atoms with van der Waals surface area (Å²) in [5.74, 6) is 0. The average Bonchev–Trinajstić information content (AvgIpc) is 3.30. The second-order valence-corrected chi connectivity index (χ2v) is 5.58. The van der Waals surface area contributed by atoms with Gasteiger partial charge in [-0.2, -0.15) is 10.4 Å². The van der Waals surface area contributed by atoms with Crippen LogP contribution in [0.25, 0.3) is 22.3 Å². The molecular formula is C18H14N6. The lowest BCUT2D eigenvalue weighted by Crippen LogP contribution is -2.07. The molecule has 6 heteroatoms. The van der Waals surface area contributed by atoms with Crippen molar-refractivity contribution in [2.45, 2.75) is 13.0 Å². The van der Waals surface area contributed by atoms with E-state index in [9.17, 15) is 0 Å². The fourth-order valence-electron chi connectivity index (χ4n) is 2.80. The van der Waals surface area contributed by atoms with Crippen LogP contribution < -0.4 is 0 Å². The van der Waals surface area contributed by atoms with E-state index < -0.39 is 0 Å². The number of hydrogen-bond acceptors (Lipinski definition) is 4. The lowest BCUT2D eigenvalue weighted by Gasteiger charge is -2.12. The summed E-state index contributed by atoms with van der Waals surface area (Å²) in [6.07, 6.45) is 7.17. The first-order chi connectivity index (χ1) is 11.8. The number of aromatic amines is 1. The minimum absolute atomic E-state index is 0.0237. The van der Waals surface area contributed by atoms with Crippen LogP contribution in [0.3, 0.4) is 0 Å². The third kappa shape index (κ3) is 2.32. The fraction of sp³-hybridized carbons (Fsp3) is 0.111. The van der Waals surface area contributed by atoms with Gasteiger partial charge in [-0.1, -0.05) is 12.1 Å². The molecule has 0 spiro atoms. The Morgan fingerprint density at radius 2 is 2.17 bits per heavy atom. The van der Waals surface area contributed by atoms with E-state index in [1.165, 1.54) is 0 Å². The van der Waals surface area contributed by atoms with Crippen LogP contribution in [0.1, 0.15) is 24.1 Å². The minimum atomic E-state index is 0.0237. The van der Waals surface area contributed by atoms with Crippen LogP contribution in [0, 0.1) is 11.3 Å². The molecule has 0 aliphatic heterocycles. The molecule has 24 heavy (non-hydrogen) atoms. The highest BCUT2D eigenvalue weighted by molar-refractivity contribution is 5.89. The van der Waals surface area contributed by atoms with Gasteiger partial charge in [-0.25, -0.2) is 9.97 Å². The van der Waals surface area contributed by atoms with Crippen molar-refractivity contribution in [1.29, 1.82) is 5.26 Å². The lowest BCUT2D eigenvalue weighted by atomic mass is 10.1. The standard InChI is InChI=1S/C18H14N6/c1-12(14-4-2-3-13(7-14)8-19)24-10-15(9-23-24)17-16-5-6-20-18(16)22-11-21-17/h2-7,9-12H,1H3,(H,20,21,22). The molecule has 0 aliphatic carbocycles. The molecule has 4 rings (SSSR count). The summed E-state index contributed by atoms with van der Waals surface area (Å²) < 4.78 is 1.88. The summed E-state index contributed by atoms with van der Waals surface area (Å²) in [5, 5.41) is 14.5. The van der Waals surface area contributed by atoms with E-state index in [4.69, 9.17) is 5.26 Å². The normalized spacial score (nSPS) is 12.2. The van der Waals surface area contributed by atoms with Crippen LogP contribution in [0.5, 0.6) is 0 Å². The molecule has 0 aliphatic rings. The topological polar surface area (TPSA) is 83.2 Å². The Morgan fingerprint density at radius 3 is 3.04 bits per heavy atom. The van der Waals surface area contributed by atoms with Crippen molar-refractivity contribution in [2.75, 3.05) is 0 Å². The second kappa shape index (κ2) is 5.63. The summed E-state index contributed by atoms with van der Waals surface area (Å²) in [6, 6.07) is 11.7. The van der Waals surface area contributed by atoms with E-state index in [0.29, 0.717) is 5.56 Å². The van der Waals surface area contributed by atoms with Gasteiger partial charge in [-0.3, -0.25) is 4.68 Å². The molecule has 0 saturated carbocycles.